The Labute approximate surface area is 60.5 Å². The van der Waals surface area contributed by atoms with E-state index in [0.717, 1.165) is 0 Å². The van der Waals surface area contributed by atoms with Crippen LogP contribution in [0.3, 0.4) is 0 Å². The van der Waals surface area contributed by atoms with E-state index in [1.54, 1.807) is 0 Å². The van der Waals surface area contributed by atoms with Crippen LogP contribution in [0.5, 0.6) is 0 Å². The van der Waals surface area contributed by atoms with Gasteiger partial charge in [-0.15, -0.1) is 0 Å². The zero-order valence-corrected chi connectivity index (χ0v) is 5.49. The van der Waals surface area contributed by atoms with Crippen LogP contribution in [0.2, 0.25) is 0 Å². The van der Waals surface area contributed by atoms with E-state index in [1.807, 2.05) is 0 Å². The molecule has 1 radical (unpaired) electrons. The fourth-order valence-corrected chi connectivity index (χ4v) is 1.01. The SMILES string of the molecule is C1=CC2=CC=C1C2.O[B]O. The van der Waals surface area contributed by atoms with Crippen molar-refractivity contribution in [1.29, 1.82) is 0 Å². The fourth-order valence-electron chi connectivity index (χ4n) is 1.01. The average molecular weight is 135 g/mol. The second-order valence-corrected chi connectivity index (χ2v) is 2.11. The van der Waals surface area contributed by atoms with Crippen molar-refractivity contribution in [3.8, 4) is 0 Å². The van der Waals surface area contributed by atoms with Crippen LogP contribution in [-0.2, 0) is 0 Å². The average Bonchev–Trinajstić information content (AvgIpc) is 2.49. The predicted octanol–water partition coefficient (Wildman–Crippen LogP) is 0.318. The van der Waals surface area contributed by atoms with Crippen molar-refractivity contribution in [2.75, 3.05) is 0 Å². The third kappa shape index (κ3) is 1.59. The molecule has 2 nitrogen and oxygen atoms in total. The van der Waals surface area contributed by atoms with Crippen LogP contribution in [0.4, 0.5) is 0 Å². The Kier molecular flexibility index (Phi) is 2.48. The first-order valence-electron chi connectivity index (χ1n) is 3.04. The molecule has 10 heavy (non-hydrogen) atoms. The molecule has 2 rings (SSSR count). The van der Waals surface area contributed by atoms with Crippen molar-refractivity contribution in [2.24, 2.45) is 0 Å². The Hall–Kier alpha value is -0.795. The molecule has 0 aliphatic heterocycles. The first-order chi connectivity index (χ1) is 4.86. The molecule has 0 saturated heterocycles. The lowest BCUT2D eigenvalue weighted by Crippen LogP contribution is -1.75. The molecular weight excluding hydrogens is 127 g/mol. The van der Waals surface area contributed by atoms with Gasteiger partial charge in [-0.1, -0.05) is 24.3 Å². The first kappa shape index (κ1) is 7.31. The van der Waals surface area contributed by atoms with Crippen molar-refractivity contribution in [3.63, 3.8) is 0 Å². The summed E-state index contributed by atoms with van der Waals surface area (Å²) in [5.41, 5.74) is 2.94. The van der Waals surface area contributed by atoms with E-state index < -0.39 is 0 Å². The van der Waals surface area contributed by atoms with Gasteiger partial charge in [0.2, 0.25) is 0 Å². The van der Waals surface area contributed by atoms with Crippen molar-refractivity contribution in [3.05, 3.63) is 35.5 Å². The van der Waals surface area contributed by atoms with E-state index >= 15 is 0 Å². The lowest BCUT2D eigenvalue weighted by Gasteiger charge is -1.77. The molecule has 2 bridgehead atoms. The smallest absolute Gasteiger partial charge is 0.429 e. The largest absolute Gasteiger partial charge is 0.482 e. The van der Waals surface area contributed by atoms with Crippen molar-refractivity contribution >= 4 is 7.69 Å². The Balaban J connectivity index is 0.000000148. The minimum absolute atomic E-state index is 0. The van der Waals surface area contributed by atoms with Crippen molar-refractivity contribution in [1.82, 2.24) is 0 Å². The molecule has 0 fully saturated rings. The second kappa shape index (κ2) is 3.39. The van der Waals surface area contributed by atoms with E-state index in [0.29, 0.717) is 0 Å². The summed E-state index contributed by atoms with van der Waals surface area (Å²) in [6.07, 6.45) is 9.90. The Morgan fingerprint density at radius 1 is 1.10 bits per heavy atom. The van der Waals surface area contributed by atoms with Crippen LogP contribution >= 0.6 is 0 Å². The highest BCUT2D eigenvalue weighted by molar-refractivity contribution is 6.13. The van der Waals surface area contributed by atoms with Crippen molar-refractivity contribution < 1.29 is 10.0 Å². The summed E-state index contributed by atoms with van der Waals surface area (Å²) >= 11 is 0. The summed E-state index contributed by atoms with van der Waals surface area (Å²) < 4.78 is 0. The van der Waals surface area contributed by atoms with Gasteiger partial charge in [0, 0.05) is 0 Å². The van der Waals surface area contributed by atoms with E-state index in [4.69, 9.17) is 10.0 Å². The zero-order valence-electron chi connectivity index (χ0n) is 5.49. The topological polar surface area (TPSA) is 40.5 Å². The molecule has 2 N–H and O–H groups in total. The Morgan fingerprint density at radius 3 is 1.60 bits per heavy atom. The third-order valence-corrected chi connectivity index (χ3v) is 1.43. The van der Waals surface area contributed by atoms with E-state index in [9.17, 15) is 0 Å². The van der Waals surface area contributed by atoms with Crippen LogP contribution < -0.4 is 0 Å². The highest BCUT2D eigenvalue weighted by atomic mass is 16.4. The van der Waals surface area contributed by atoms with Crippen LogP contribution in [0.1, 0.15) is 6.42 Å². The van der Waals surface area contributed by atoms with Gasteiger partial charge in [0.15, 0.2) is 0 Å². The molecule has 0 unspecified atom stereocenters. The van der Waals surface area contributed by atoms with Gasteiger partial charge >= 0.3 is 7.69 Å². The zero-order chi connectivity index (χ0) is 7.40. The van der Waals surface area contributed by atoms with Gasteiger partial charge in [-0.05, 0) is 17.6 Å². The number of allylic oxidation sites excluding steroid dienone is 6. The summed E-state index contributed by atoms with van der Waals surface area (Å²) in [6.45, 7) is 0. The Morgan fingerprint density at radius 2 is 1.50 bits per heavy atom. The molecule has 2 aliphatic carbocycles. The van der Waals surface area contributed by atoms with Gasteiger partial charge in [-0.2, -0.15) is 0 Å². The summed E-state index contributed by atoms with van der Waals surface area (Å²) in [5.74, 6) is 0. The fraction of sp³-hybridized carbons (Fsp3) is 0.143. The van der Waals surface area contributed by atoms with Gasteiger partial charge in [-0.3, -0.25) is 0 Å². The highest BCUT2D eigenvalue weighted by Gasteiger charge is 2.07. The molecule has 0 spiro atoms. The predicted molar refractivity (Wildman–Crippen MR) is 40.1 cm³/mol. The summed E-state index contributed by atoms with van der Waals surface area (Å²) in [4.78, 5) is 0. The molecule has 3 heteroatoms. The molecule has 0 atom stereocenters. The lowest BCUT2D eigenvalue weighted by molar-refractivity contribution is 0.448. The number of hydrogen-bond acceptors (Lipinski definition) is 2. The highest BCUT2D eigenvalue weighted by Crippen LogP contribution is 2.27. The third-order valence-electron chi connectivity index (χ3n) is 1.43. The van der Waals surface area contributed by atoms with Crippen LogP contribution in [0.25, 0.3) is 0 Å². The summed E-state index contributed by atoms with van der Waals surface area (Å²) in [7, 11) is 0. The van der Waals surface area contributed by atoms with Gasteiger partial charge in [-0.25, -0.2) is 0 Å². The maximum Gasteiger partial charge on any atom is 0.482 e. The second-order valence-electron chi connectivity index (χ2n) is 2.11. The molecule has 2 aliphatic rings. The number of fused-ring (bicyclic) bond motifs is 2. The molecular formula is C7H8BO2. The van der Waals surface area contributed by atoms with Crippen molar-refractivity contribution in [2.45, 2.75) is 6.42 Å². The van der Waals surface area contributed by atoms with Gasteiger partial charge in [0.05, 0.1) is 0 Å². The first-order valence-corrected chi connectivity index (χ1v) is 3.04. The lowest BCUT2D eigenvalue weighted by atomic mass is 10.3. The molecule has 0 aromatic rings. The van der Waals surface area contributed by atoms with Crippen LogP contribution in [-0.4, -0.2) is 17.7 Å². The van der Waals surface area contributed by atoms with E-state index in [-0.39, 0.29) is 7.69 Å². The van der Waals surface area contributed by atoms with Crippen LogP contribution in [0.15, 0.2) is 35.5 Å². The molecule has 0 amide bonds. The molecule has 51 valence electrons. The van der Waals surface area contributed by atoms with E-state index in [1.165, 1.54) is 17.6 Å². The maximum absolute atomic E-state index is 7.00. The van der Waals surface area contributed by atoms with Gasteiger partial charge in [0.1, 0.15) is 0 Å². The quantitative estimate of drug-likeness (QED) is 0.469. The van der Waals surface area contributed by atoms with Crippen LogP contribution in [0, 0.1) is 0 Å². The number of rotatable bonds is 0. The Bertz CT molecular complexity index is 184. The minimum Gasteiger partial charge on any atom is -0.429 e. The molecule has 0 heterocycles. The van der Waals surface area contributed by atoms with Gasteiger partial charge < -0.3 is 10.0 Å². The normalized spacial score (nSPS) is 17.4. The monoisotopic (exact) mass is 135 g/mol. The number of hydrogen-bond donors (Lipinski definition) is 2. The summed E-state index contributed by atoms with van der Waals surface area (Å²) in [5, 5.41) is 14.0. The molecule has 0 aromatic heterocycles. The molecule has 0 saturated carbocycles. The standard InChI is InChI=1S/C7H6.BH2O2/c1-2-7-4-3-6(1)5-7;2-1-3/h1-4H,5H2;2-3H. The maximum atomic E-state index is 7.00. The minimum atomic E-state index is 0. The van der Waals surface area contributed by atoms with E-state index in [2.05, 4.69) is 24.3 Å². The molecule has 0 aromatic carbocycles. The van der Waals surface area contributed by atoms with Gasteiger partial charge in [0.25, 0.3) is 0 Å². The summed E-state index contributed by atoms with van der Waals surface area (Å²) in [6, 6.07) is 0.